The molecule has 0 unspecified atom stereocenters. The maximum atomic E-state index is 11.1. The third-order valence-electron chi connectivity index (χ3n) is 0.164. The van der Waals surface area contributed by atoms with Gasteiger partial charge in [-0.25, -0.2) is 0 Å². The van der Waals surface area contributed by atoms with Crippen molar-refractivity contribution in [2.24, 2.45) is 0 Å². The SMILES string of the molecule is C#CC(F)(F)Br. The van der Waals surface area contributed by atoms with E-state index in [1.165, 1.54) is 5.92 Å². The van der Waals surface area contributed by atoms with Crippen molar-refractivity contribution in [1.29, 1.82) is 0 Å². The second kappa shape index (κ2) is 1.57. The quantitative estimate of drug-likeness (QED) is 0.368. The van der Waals surface area contributed by atoms with Crippen molar-refractivity contribution < 1.29 is 8.78 Å². The Kier molecular flexibility index (Phi) is 1.54. The Labute approximate surface area is 42.7 Å². The molecule has 3 heteroatoms. The first-order valence-electron chi connectivity index (χ1n) is 1.11. The third kappa shape index (κ3) is 3.90. The fraction of sp³-hybridized carbons (Fsp3) is 0.333. The summed E-state index contributed by atoms with van der Waals surface area (Å²) in [5.74, 6) is 1.19. The molecule has 34 valence electrons. The van der Waals surface area contributed by atoms with Gasteiger partial charge in [0, 0.05) is 15.9 Å². The molecule has 0 atom stereocenters. The van der Waals surface area contributed by atoms with Gasteiger partial charge in [0.15, 0.2) is 0 Å². The van der Waals surface area contributed by atoms with Gasteiger partial charge in [0.05, 0.1) is 0 Å². The van der Waals surface area contributed by atoms with Crippen LogP contribution in [0, 0.1) is 12.3 Å². The number of halogens is 3. The summed E-state index contributed by atoms with van der Waals surface area (Å²) in [6.07, 6.45) is 4.26. The maximum Gasteiger partial charge on any atom is 0.363 e. The lowest BCUT2D eigenvalue weighted by Crippen LogP contribution is -1.96. The molecule has 0 aliphatic carbocycles. The lowest BCUT2D eigenvalue weighted by atomic mass is 10.8. The van der Waals surface area contributed by atoms with Gasteiger partial charge in [-0.15, -0.1) is 6.42 Å². The lowest BCUT2D eigenvalue weighted by molar-refractivity contribution is 0.183. The topological polar surface area (TPSA) is 0 Å². The molecule has 0 N–H and O–H groups in total. The molecule has 0 aromatic carbocycles. The van der Waals surface area contributed by atoms with E-state index in [0.717, 1.165) is 0 Å². The van der Waals surface area contributed by atoms with Gasteiger partial charge in [-0.1, -0.05) is 0 Å². The molecule has 0 spiro atoms. The molecular formula is C3HBrF2. The van der Waals surface area contributed by atoms with Crippen LogP contribution in [0.15, 0.2) is 0 Å². The molecule has 0 aliphatic heterocycles. The second-order valence-corrected chi connectivity index (χ2v) is 1.64. The molecule has 0 radical (unpaired) electrons. The predicted octanol–water partition coefficient (Wildman–Crippen LogP) is 1.61. The van der Waals surface area contributed by atoms with Gasteiger partial charge >= 0.3 is 4.83 Å². The van der Waals surface area contributed by atoms with E-state index in [4.69, 9.17) is 0 Å². The minimum Gasteiger partial charge on any atom is -0.180 e. The molecule has 6 heavy (non-hydrogen) atoms. The molecule has 0 bridgehead atoms. The first-order valence-corrected chi connectivity index (χ1v) is 1.90. The highest BCUT2D eigenvalue weighted by atomic mass is 79.9. The van der Waals surface area contributed by atoms with E-state index in [1.807, 2.05) is 15.9 Å². The number of hydrogen-bond acceptors (Lipinski definition) is 0. The zero-order valence-corrected chi connectivity index (χ0v) is 4.30. The monoisotopic (exact) mass is 154 g/mol. The lowest BCUT2D eigenvalue weighted by Gasteiger charge is -1.90. The van der Waals surface area contributed by atoms with Gasteiger partial charge < -0.3 is 0 Å². The van der Waals surface area contributed by atoms with Gasteiger partial charge in [-0.3, -0.25) is 0 Å². The molecule has 0 amide bonds. The largest absolute Gasteiger partial charge is 0.363 e. The third-order valence-corrected chi connectivity index (χ3v) is 0.393. The molecule has 0 nitrogen and oxygen atoms in total. The number of terminal acetylenes is 1. The van der Waals surface area contributed by atoms with E-state index in [-0.39, 0.29) is 0 Å². The first-order chi connectivity index (χ1) is 2.56. The van der Waals surface area contributed by atoms with Crippen LogP contribution in [0.1, 0.15) is 0 Å². The molecular weight excluding hydrogens is 154 g/mol. The van der Waals surface area contributed by atoms with Crippen LogP contribution in [0.4, 0.5) is 8.78 Å². The Hall–Kier alpha value is -0.100. The van der Waals surface area contributed by atoms with Crippen LogP contribution < -0.4 is 0 Å². The van der Waals surface area contributed by atoms with Crippen molar-refractivity contribution in [1.82, 2.24) is 0 Å². The fourth-order valence-corrected chi connectivity index (χ4v) is 0. The van der Waals surface area contributed by atoms with E-state index < -0.39 is 4.83 Å². The fourth-order valence-electron chi connectivity index (χ4n) is 0. The zero-order chi connectivity index (χ0) is 5.21. The zero-order valence-electron chi connectivity index (χ0n) is 2.71. The van der Waals surface area contributed by atoms with E-state index in [0.29, 0.717) is 0 Å². The molecule has 0 fully saturated rings. The molecule has 0 aliphatic rings. The summed E-state index contributed by atoms with van der Waals surface area (Å²) in [4.78, 5) is -3.12. The van der Waals surface area contributed by atoms with Gasteiger partial charge in [0.25, 0.3) is 0 Å². The summed E-state index contributed by atoms with van der Waals surface area (Å²) < 4.78 is 22.3. The Morgan fingerprint density at radius 1 is 1.67 bits per heavy atom. The van der Waals surface area contributed by atoms with Crippen molar-refractivity contribution in [2.75, 3.05) is 0 Å². The molecule has 0 rings (SSSR count). The highest BCUT2D eigenvalue weighted by Gasteiger charge is 2.17. The van der Waals surface area contributed by atoms with Crippen molar-refractivity contribution in [3.8, 4) is 12.3 Å². The molecule has 0 saturated heterocycles. The molecule has 0 saturated carbocycles. The van der Waals surface area contributed by atoms with E-state index in [9.17, 15) is 8.78 Å². The summed E-state index contributed by atoms with van der Waals surface area (Å²) in [5.41, 5.74) is 0. The number of hydrogen-bond donors (Lipinski definition) is 0. The average molecular weight is 155 g/mol. The smallest absolute Gasteiger partial charge is 0.180 e. The van der Waals surface area contributed by atoms with Crippen LogP contribution in [-0.4, -0.2) is 4.83 Å². The van der Waals surface area contributed by atoms with Gasteiger partial charge in [0.2, 0.25) is 0 Å². The number of rotatable bonds is 0. The van der Waals surface area contributed by atoms with Crippen molar-refractivity contribution in [3.05, 3.63) is 0 Å². The average Bonchev–Trinajstić information content (AvgIpc) is 1.35. The summed E-state index contributed by atoms with van der Waals surface area (Å²) >= 11 is 1.91. The molecule has 0 heterocycles. The summed E-state index contributed by atoms with van der Waals surface area (Å²) in [5, 5.41) is 0. The Morgan fingerprint density at radius 3 is 1.83 bits per heavy atom. The second-order valence-electron chi connectivity index (χ2n) is 0.642. The van der Waals surface area contributed by atoms with Crippen LogP contribution >= 0.6 is 15.9 Å². The van der Waals surface area contributed by atoms with E-state index in [2.05, 4.69) is 6.42 Å². The van der Waals surface area contributed by atoms with Crippen molar-refractivity contribution in [3.63, 3.8) is 0 Å². The minimum atomic E-state index is -3.12. The van der Waals surface area contributed by atoms with Gasteiger partial charge in [0.1, 0.15) is 0 Å². The van der Waals surface area contributed by atoms with Crippen LogP contribution in [0.25, 0.3) is 0 Å². The highest BCUT2D eigenvalue weighted by molar-refractivity contribution is 9.10. The van der Waals surface area contributed by atoms with E-state index in [1.54, 1.807) is 0 Å². The van der Waals surface area contributed by atoms with Gasteiger partial charge in [-0.2, -0.15) is 8.78 Å². The maximum absolute atomic E-state index is 11.1. The minimum absolute atomic E-state index is 1.19. The molecule has 0 aromatic heterocycles. The normalized spacial score (nSPS) is 10.3. The van der Waals surface area contributed by atoms with Crippen molar-refractivity contribution in [2.45, 2.75) is 4.83 Å². The number of alkyl halides is 3. The predicted molar refractivity (Wildman–Crippen MR) is 22.7 cm³/mol. The van der Waals surface area contributed by atoms with Crippen LogP contribution in [0.3, 0.4) is 0 Å². The Balaban J connectivity index is 3.55. The van der Waals surface area contributed by atoms with Crippen molar-refractivity contribution >= 4 is 15.9 Å². The standard InChI is InChI=1S/C3HBrF2/c1-2-3(4,5)6/h1H. The van der Waals surface area contributed by atoms with Crippen LogP contribution in [-0.2, 0) is 0 Å². The summed E-state index contributed by atoms with van der Waals surface area (Å²) in [6, 6.07) is 0. The van der Waals surface area contributed by atoms with Crippen LogP contribution in [0.5, 0.6) is 0 Å². The first kappa shape index (κ1) is 5.90. The Bertz CT molecular complexity index is 75.8. The summed E-state index contributed by atoms with van der Waals surface area (Å²) in [6.45, 7) is 0. The van der Waals surface area contributed by atoms with Crippen LogP contribution in [0.2, 0.25) is 0 Å². The summed E-state index contributed by atoms with van der Waals surface area (Å²) in [7, 11) is 0. The Morgan fingerprint density at radius 2 is 1.83 bits per heavy atom. The highest BCUT2D eigenvalue weighted by Crippen LogP contribution is 2.18. The molecule has 0 aromatic rings. The van der Waals surface area contributed by atoms with Gasteiger partial charge in [-0.05, 0) is 5.92 Å². The van der Waals surface area contributed by atoms with E-state index >= 15 is 0 Å².